The Morgan fingerprint density at radius 2 is 1.61 bits per heavy atom. The average Bonchev–Trinajstić information content (AvgIpc) is 2.84. The Kier molecular flexibility index (Phi) is 3.11. The van der Waals surface area contributed by atoms with Crippen LogP contribution in [0.2, 0.25) is 0 Å². The molecular formula is C16H15NO. The fourth-order valence-corrected chi connectivity index (χ4v) is 2.10. The topological polar surface area (TPSA) is 25.0 Å². The van der Waals surface area contributed by atoms with Gasteiger partial charge in [-0.3, -0.25) is 0 Å². The first kappa shape index (κ1) is 11.1. The highest BCUT2D eigenvalue weighted by Crippen LogP contribution is 2.18. The zero-order valence-corrected chi connectivity index (χ0v) is 10.1. The predicted molar refractivity (Wildman–Crippen MR) is 73.2 cm³/mol. The van der Waals surface area contributed by atoms with Gasteiger partial charge in [0.2, 0.25) is 0 Å². The van der Waals surface area contributed by atoms with Gasteiger partial charge in [0.15, 0.2) is 0 Å². The molecule has 1 heterocycles. The van der Waals surface area contributed by atoms with Crippen molar-refractivity contribution in [3.63, 3.8) is 0 Å². The number of benzene rings is 2. The summed E-state index contributed by atoms with van der Waals surface area (Å²) in [5.74, 6) is 0. The lowest BCUT2D eigenvalue weighted by Gasteiger charge is -2.03. The smallest absolute Gasteiger partial charge is 0.0742 e. The Morgan fingerprint density at radius 3 is 2.50 bits per heavy atom. The molecule has 2 heteroatoms. The molecule has 3 rings (SSSR count). The molecule has 2 nitrogen and oxygen atoms in total. The summed E-state index contributed by atoms with van der Waals surface area (Å²) in [6.07, 6.45) is 2.02. The maximum Gasteiger partial charge on any atom is 0.0742 e. The quantitative estimate of drug-likeness (QED) is 0.731. The summed E-state index contributed by atoms with van der Waals surface area (Å²) in [5, 5.41) is 1.24. The van der Waals surface area contributed by atoms with Gasteiger partial charge in [0, 0.05) is 22.7 Å². The van der Waals surface area contributed by atoms with Crippen LogP contribution >= 0.6 is 0 Å². The van der Waals surface area contributed by atoms with E-state index in [9.17, 15) is 0 Å². The summed E-state index contributed by atoms with van der Waals surface area (Å²) in [6.45, 7) is 1.29. The fourth-order valence-electron chi connectivity index (χ4n) is 2.10. The summed E-state index contributed by atoms with van der Waals surface area (Å²) in [5.41, 5.74) is 3.58. The molecule has 2 aromatic carbocycles. The van der Waals surface area contributed by atoms with Gasteiger partial charge >= 0.3 is 0 Å². The van der Waals surface area contributed by atoms with E-state index in [1.807, 2.05) is 30.5 Å². The maximum atomic E-state index is 5.75. The van der Waals surface area contributed by atoms with Crippen LogP contribution in [-0.2, 0) is 18.0 Å². The van der Waals surface area contributed by atoms with Gasteiger partial charge in [-0.15, -0.1) is 0 Å². The molecule has 90 valence electrons. The summed E-state index contributed by atoms with van der Waals surface area (Å²) in [6, 6.07) is 18.5. The first-order valence-electron chi connectivity index (χ1n) is 6.10. The van der Waals surface area contributed by atoms with Crippen LogP contribution in [0.15, 0.2) is 60.8 Å². The molecule has 0 bridgehead atoms. The molecule has 0 aliphatic rings. The Morgan fingerprint density at radius 1 is 0.833 bits per heavy atom. The highest BCUT2D eigenvalue weighted by molar-refractivity contribution is 5.82. The second-order valence-electron chi connectivity index (χ2n) is 4.34. The van der Waals surface area contributed by atoms with E-state index in [1.165, 1.54) is 16.5 Å². The van der Waals surface area contributed by atoms with Gasteiger partial charge in [-0.2, -0.15) is 0 Å². The molecule has 0 unspecified atom stereocenters. The molecule has 0 amide bonds. The van der Waals surface area contributed by atoms with Crippen molar-refractivity contribution in [2.75, 3.05) is 0 Å². The predicted octanol–water partition coefficient (Wildman–Crippen LogP) is 3.88. The number of H-pyrrole nitrogens is 1. The second kappa shape index (κ2) is 5.07. The third-order valence-electron chi connectivity index (χ3n) is 3.04. The van der Waals surface area contributed by atoms with Crippen LogP contribution in [-0.4, -0.2) is 4.98 Å². The lowest BCUT2D eigenvalue weighted by Crippen LogP contribution is -1.93. The van der Waals surface area contributed by atoms with E-state index < -0.39 is 0 Å². The van der Waals surface area contributed by atoms with E-state index in [1.54, 1.807) is 0 Å². The Labute approximate surface area is 106 Å². The first-order chi connectivity index (χ1) is 8.93. The number of aromatic amines is 1. The number of fused-ring (bicyclic) bond motifs is 1. The zero-order valence-electron chi connectivity index (χ0n) is 10.1. The lowest BCUT2D eigenvalue weighted by atomic mass is 10.2. The number of nitrogens with one attached hydrogen (secondary N) is 1. The minimum atomic E-state index is 0.638. The lowest BCUT2D eigenvalue weighted by molar-refractivity contribution is 0.108. The first-order valence-corrected chi connectivity index (χ1v) is 6.10. The van der Waals surface area contributed by atoms with Crippen LogP contribution in [0.1, 0.15) is 11.1 Å². The van der Waals surface area contributed by atoms with E-state index >= 15 is 0 Å². The van der Waals surface area contributed by atoms with Gasteiger partial charge in [-0.05, 0) is 11.6 Å². The maximum absolute atomic E-state index is 5.75. The van der Waals surface area contributed by atoms with E-state index in [-0.39, 0.29) is 0 Å². The molecule has 0 saturated carbocycles. The van der Waals surface area contributed by atoms with Crippen molar-refractivity contribution in [1.82, 2.24) is 4.98 Å². The number of rotatable bonds is 4. The van der Waals surface area contributed by atoms with Crippen LogP contribution in [0, 0.1) is 0 Å². The van der Waals surface area contributed by atoms with Crippen LogP contribution in [0.5, 0.6) is 0 Å². The Balaban J connectivity index is 1.67. The SMILES string of the molecule is c1ccc(COCc2c[nH]c3ccccc23)cc1. The van der Waals surface area contributed by atoms with Crippen molar-refractivity contribution < 1.29 is 4.74 Å². The van der Waals surface area contributed by atoms with E-state index in [2.05, 4.69) is 35.3 Å². The van der Waals surface area contributed by atoms with E-state index in [0.717, 1.165) is 5.52 Å². The largest absolute Gasteiger partial charge is 0.372 e. The Hall–Kier alpha value is -2.06. The zero-order chi connectivity index (χ0) is 12.2. The fraction of sp³-hybridized carbons (Fsp3) is 0.125. The third kappa shape index (κ3) is 2.29. The van der Waals surface area contributed by atoms with E-state index in [4.69, 9.17) is 4.74 Å². The minimum Gasteiger partial charge on any atom is -0.372 e. The molecule has 0 atom stereocenters. The summed E-state index contributed by atoms with van der Waals surface area (Å²) in [7, 11) is 0. The number of hydrogen-bond donors (Lipinski definition) is 1. The number of para-hydroxylation sites is 1. The van der Waals surface area contributed by atoms with Gasteiger partial charge in [-0.25, -0.2) is 0 Å². The van der Waals surface area contributed by atoms with Crippen LogP contribution in [0.4, 0.5) is 0 Å². The molecule has 0 aliphatic heterocycles. The van der Waals surface area contributed by atoms with Crippen molar-refractivity contribution in [2.24, 2.45) is 0 Å². The monoisotopic (exact) mass is 237 g/mol. The molecule has 0 spiro atoms. The van der Waals surface area contributed by atoms with Crippen molar-refractivity contribution in [3.8, 4) is 0 Å². The molecular weight excluding hydrogens is 222 g/mol. The van der Waals surface area contributed by atoms with Crippen molar-refractivity contribution in [3.05, 3.63) is 71.9 Å². The van der Waals surface area contributed by atoms with Crippen molar-refractivity contribution >= 4 is 10.9 Å². The van der Waals surface area contributed by atoms with Gasteiger partial charge < -0.3 is 9.72 Å². The van der Waals surface area contributed by atoms with Gasteiger partial charge in [0.05, 0.1) is 13.2 Å². The third-order valence-corrected chi connectivity index (χ3v) is 3.04. The molecule has 0 saturated heterocycles. The number of hydrogen-bond acceptors (Lipinski definition) is 1. The standard InChI is InChI=1S/C16H15NO/c1-2-6-13(7-3-1)11-18-12-14-10-17-16-9-5-4-8-15(14)16/h1-10,17H,11-12H2. The van der Waals surface area contributed by atoms with Crippen LogP contribution in [0.3, 0.4) is 0 Å². The Bertz CT molecular complexity index is 628. The summed E-state index contributed by atoms with van der Waals surface area (Å²) in [4.78, 5) is 3.26. The summed E-state index contributed by atoms with van der Waals surface area (Å²) >= 11 is 0. The van der Waals surface area contributed by atoms with Gasteiger partial charge in [-0.1, -0.05) is 48.5 Å². The number of ether oxygens (including phenoxy) is 1. The van der Waals surface area contributed by atoms with E-state index in [0.29, 0.717) is 13.2 Å². The minimum absolute atomic E-state index is 0.638. The highest BCUT2D eigenvalue weighted by Gasteiger charge is 2.02. The van der Waals surface area contributed by atoms with Gasteiger partial charge in [0.1, 0.15) is 0 Å². The molecule has 0 fully saturated rings. The number of aromatic nitrogens is 1. The molecule has 18 heavy (non-hydrogen) atoms. The second-order valence-corrected chi connectivity index (χ2v) is 4.34. The molecule has 0 radical (unpaired) electrons. The van der Waals surface area contributed by atoms with Crippen LogP contribution < -0.4 is 0 Å². The van der Waals surface area contributed by atoms with Gasteiger partial charge in [0.25, 0.3) is 0 Å². The highest BCUT2D eigenvalue weighted by atomic mass is 16.5. The molecule has 1 N–H and O–H groups in total. The molecule has 3 aromatic rings. The van der Waals surface area contributed by atoms with Crippen LogP contribution in [0.25, 0.3) is 10.9 Å². The molecule has 1 aromatic heterocycles. The normalized spacial score (nSPS) is 10.9. The van der Waals surface area contributed by atoms with Crippen molar-refractivity contribution in [2.45, 2.75) is 13.2 Å². The van der Waals surface area contributed by atoms with Crippen molar-refractivity contribution in [1.29, 1.82) is 0 Å². The molecule has 0 aliphatic carbocycles. The average molecular weight is 237 g/mol. The summed E-state index contributed by atoms with van der Waals surface area (Å²) < 4.78 is 5.75.